The molecule has 18 heavy (non-hydrogen) atoms. The van der Waals surface area contributed by atoms with E-state index in [1.54, 1.807) is 0 Å². The van der Waals surface area contributed by atoms with Crippen molar-refractivity contribution in [2.45, 2.75) is 32.7 Å². The SMILES string of the molecule is COC(=O)c1nc(C)n(CCCCCSC)c1N. The number of anilines is 1. The van der Waals surface area contributed by atoms with Gasteiger partial charge in [-0.05, 0) is 31.8 Å². The lowest BCUT2D eigenvalue weighted by Crippen LogP contribution is -2.09. The Labute approximate surface area is 112 Å². The summed E-state index contributed by atoms with van der Waals surface area (Å²) in [6, 6.07) is 0. The van der Waals surface area contributed by atoms with E-state index in [1.165, 1.54) is 19.3 Å². The van der Waals surface area contributed by atoms with E-state index in [1.807, 2.05) is 23.3 Å². The number of imidazole rings is 1. The minimum atomic E-state index is -0.475. The molecule has 5 nitrogen and oxygen atoms in total. The first-order valence-corrected chi connectivity index (χ1v) is 7.41. The zero-order chi connectivity index (χ0) is 13.5. The van der Waals surface area contributed by atoms with Gasteiger partial charge in [0.05, 0.1) is 7.11 Å². The summed E-state index contributed by atoms with van der Waals surface area (Å²) >= 11 is 1.86. The number of hydrogen-bond donors (Lipinski definition) is 1. The van der Waals surface area contributed by atoms with Gasteiger partial charge in [-0.1, -0.05) is 6.42 Å². The van der Waals surface area contributed by atoms with Gasteiger partial charge in [-0.25, -0.2) is 9.78 Å². The highest BCUT2D eigenvalue weighted by atomic mass is 32.2. The van der Waals surface area contributed by atoms with Crippen LogP contribution in [-0.4, -0.2) is 34.6 Å². The molecule has 102 valence electrons. The lowest BCUT2D eigenvalue weighted by molar-refractivity contribution is 0.0595. The van der Waals surface area contributed by atoms with E-state index in [-0.39, 0.29) is 5.69 Å². The third-order valence-corrected chi connectivity index (χ3v) is 3.50. The highest BCUT2D eigenvalue weighted by molar-refractivity contribution is 7.98. The molecule has 0 amide bonds. The van der Waals surface area contributed by atoms with Gasteiger partial charge in [0.15, 0.2) is 5.69 Å². The van der Waals surface area contributed by atoms with Crippen molar-refractivity contribution in [3.8, 4) is 0 Å². The maximum atomic E-state index is 11.4. The van der Waals surface area contributed by atoms with Crippen LogP contribution in [0.25, 0.3) is 0 Å². The van der Waals surface area contributed by atoms with Gasteiger partial charge in [0.25, 0.3) is 0 Å². The van der Waals surface area contributed by atoms with E-state index in [2.05, 4.69) is 16.0 Å². The van der Waals surface area contributed by atoms with Crippen LogP contribution in [0.15, 0.2) is 0 Å². The number of unbranched alkanes of at least 4 members (excludes halogenated alkanes) is 2. The van der Waals surface area contributed by atoms with Crippen molar-refractivity contribution >= 4 is 23.5 Å². The summed E-state index contributed by atoms with van der Waals surface area (Å²) in [4.78, 5) is 15.6. The summed E-state index contributed by atoms with van der Waals surface area (Å²) < 4.78 is 6.53. The average Bonchev–Trinajstić information content (AvgIpc) is 2.65. The molecule has 0 saturated heterocycles. The van der Waals surface area contributed by atoms with Crippen LogP contribution in [0.5, 0.6) is 0 Å². The molecule has 0 spiro atoms. The van der Waals surface area contributed by atoms with Crippen LogP contribution in [0, 0.1) is 6.92 Å². The number of rotatable bonds is 7. The number of esters is 1. The van der Waals surface area contributed by atoms with E-state index in [4.69, 9.17) is 5.73 Å². The zero-order valence-corrected chi connectivity index (χ0v) is 12.0. The Morgan fingerprint density at radius 1 is 1.44 bits per heavy atom. The second-order valence-electron chi connectivity index (χ2n) is 4.09. The van der Waals surface area contributed by atoms with Crippen molar-refractivity contribution in [1.29, 1.82) is 0 Å². The van der Waals surface area contributed by atoms with Crippen LogP contribution in [0.3, 0.4) is 0 Å². The van der Waals surface area contributed by atoms with Crippen molar-refractivity contribution in [2.75, 3.05) is 24.9 Å². The molecule has 0 aliphatic heterocycles. The Kier molecular flexibility index (Phi) is 6.04. The standard InChI is InChI=1S/C12H21N3O2S/c1-9-14-10(12(16)17-2)11(13)15(9)7-5-4-6-8-18-3/h4-8,13H2,1-3H3. The van der Waals surface area contributed by atoms with Gasteiger partial charge in [0, 0.05) is 6.54 Å². The third-order valence-electron chi connectivity index (χ3n) is 2.81. The fourth-order valence-corrected chi connectivity index (χ4v) is 2.30. The lowest BCUT2D eigenvalue weighted by atomic mass is 10.2. The molecular formula is C12H21N3O2S. The fourth-order valence-electron chi connectivity index (χ4n) is 1.80. The Hall–Kier alpha value is -1.17. The minimum absolute atomic E-state index is 0.221. The Morgan fingerprint density at radius 2 is 2.17 bits per heavy atom. The van der Waals surface area contributed by atoms with Gasteiger partial charge in [0.2, 0.25) is 0 Å². The fraction of sp³-hybridized carbons (Fsp3) is 0.667. The van der Waals surface area contributed by atoms with Crippen LogP contribution in [-0.2, 0) is 11.3 Å². The topological polar surface area (TPSA) is 70.1 Å². The first-order chi connectivity index (χ1) is 8.61. The van der Waals surface area contributed by atoms with E-state index < -0.39 is 5.97 Å². The average molecular weight is 271 g/mol. The second-order valence-corrected chi connectivity index (χ2v) is 5.08. The monoisotopic (exact) mass is 271 g/mol. The summed E-state index contributed by atoms with van der Waals surface area (Å²) in [5, 5.41) is 0. The zero-order valence-electron chi connectivity index (χ0n) is 11.2. The first kappa shape index (κ1) is 14.9. The summed E-state index contributed by atoms with van der Waals surface area (Å²) in [6.45, 7) is 2.65. The van der Waals surface area contributed by atoms with Crippen molar-refractivity contribution < 1.29 is 9.53 Å². The number of aromatic nitrogens is 2. The molecule has 0 atom stereocenters. The summed E-state index contributed by atoms with van der Waals surface area (Å²) in [5.41, 5.74) is 6.14. The largest absolute Gasteiger partial charge is 0.464 e. The summed E-state index contributed by atoms with van der Waals surface area (Å²) in [7, 11) is 1.33. The number of nitrogen functional groups attached to an aromatic ring is 1. The molecule has 0 aliphatic carbocycles. The summed E-state index contributed by atoms with van der Waals surface area (Å²) in [6.07, 6.45) is 5.52. The molecule has 0 aromatic carbocycles. The first-order valence-electron chi connectivity index (χ1n) is 6.01. The van der Waals surface area contributed by atoms with Crippen LogP contribution in [0.2, 0.25) is 0 Å². The Morgan fingerprint density at radius 3 is 2.78 bits per heavy atom. The second kappa shape index (κ2) is 7.31. The number of nitrogens with zero attached hydrogens (tertiary/aromatic N) is 2. The molecule has 1 rings (SSSR count). The van der Waals surface area contributed by atoms with Crippen molar-refractivity contribution in [3.05, 3.63) is 11.5 Å². The third kappa shape index (κ3) is 3.66. The van der Waals surface area contributed by atoms with Gasteiger partial charge in [-0.3, -0.25) is 0 Å². The van der Waals surface area contributed by atoms with Crippen LogP contribution in [0.1, 0.15) is 35.6 Å². The molecule has 1 heterocycles. The Balaban J connectivity index is 2.60. The minimum Gasteiger partial charge on any atom is -0.464 e. The van der Waals surface area contributed by atoms with E-state index in [9.17, 15) is 4.79 Å². The van der Waals surface area contributed by atoms with E-state index >= 15 is 0 Å². The predicted octanol–water partition coefficient (Wildman–Crippen LogP) is 2.09. The smallest absolute Gasteiger partial charge is 0.360 e. The molecule has 0 unspecified atom stereocenters. The number of carbonyl (C=O) groups is 1. The molecule has 0 saturated carbocycles. The van der Waals surface area contributed by atoms with Gasteiger partial charge in [-0.15, -0.1) is 0 Å². The summed E-state index contributed by atoms with van der Waals surface area (Å²) in [5.74, 6) is 1.88. The highest BCUT2D eigenvalue weighted by Crippen LogP contribution is 2.16. The molecule has 2 N–H and O–H groups in total. The van der Waals surface area contributed by atoms with Gasteiger partial charge >= 0.3 is 5.97 Å². The molecule has 1 aromatic rings. The van der Waals surface area contributed by atoms with Gasteiger partial charge in [-0.2, -0.15) is 11.8 Å². The normalized spacial score (nSPS) is 10.6. The molecule has 0 aliphatic rings. The van der Waals surface area contributed by atoms with Crippen LogP contribution >= 0.6 is 11.8 Å². The predicted molar refractivity (Wildman–Crippen MR) is 74.9 cm³/mol. The molecule has 0 fully saturated rings. The number of carbonyl (C=O) groups excluding carboxylic acids is 1. The van der Waals surface area contributed by atoms with Gasteiger partial charge in [0.1, 0.15) is 11.6 Å². The molecule has 6 heteroatoms. The molecular weight excluding hydrogens is 250 g/mol. The van der Waals surface area contributed by atoms with Crippen molar-refractivity contribution in [2.24, 2.45) is 0 Å². The molecule has 0 bridgehead atoms. The van der Waals surface area contributed by atoms with Gasteiger partial charge < -0.3 is 15.0 Å². The number of thioether (sulfide) groups is 1. The molecule has 0 radical (unpaired) electrons. The Bertz CT molecular complexity index is 404. The molecule has 1 aromatic heterocycles. The number of methoxy groups -OCH3 is 1. The number of nitrogens with two attached hydrogens (primary N) is 1. The lowest BCUT2D eigenvalue weighted by Gasteiger charge is -2.07. The van der Waals surface area contributed by atoms with E-state index in [0.29, 0.717) is 5.82 Å². The number of aryl methyl sites for hydroxylation is 1. The van der Waals surface area contributed by atoms with E-state index in [0.717, 1.165) is 25.2 Å². The van der Waals surface area contributed by atoms with Crippen molar-refractivity contribution in [3.63, 3.8) is 0 Å². The van der Waals surface area contributed by atoms with Crippen LogP contribution in [0.4, 0.5) is 5.82 Å². The maximum Gasteiger partial charge on any atom is 0.360 e. The quantitative estimate of drug-likeness (QED) is 0.607. The maximum absolute atomic E-state index is 11.4. The van der Waals surface area contributed by atoms with Crippen LogP contribution < -0.4 is 5.73 Å². The number of hydrogen-bond acceptors (Lipinski definition) is 5. The van der Waals surface area contributed by atoms with Crippen molar-refractivity contribution in [1.82, 2.24) is 9.55 Å². The number of ether oxygens (including phenoxy) is 1. The highest BCUT2D eigenvalue weighted by Gasteiger charge is 2.18.